The summed E-state index contributed by atoms with van der Waals surface area (Å²) in [4.78, 5) is 12.9. The van der Waals surface area contributed by atoms with Crippen LogP contribution in [0.2, 0.25) is 10.0 Å². The van der Waals surface area contributed by atoms with Crippen LogP contribution in [0.3, 0.4) is 0 Å². The Morgan fingerprint density at radius 2 is 1.97 bits per heavy atom. The highest BCUT2D eigenvalue weighted by molar-refractivity contribution is 6.33. The van der Waals surface area contributed by atoms with Crippen molar-refractivity contribution in [2.75, 3.05) is 5.32 Å². The molecule has 2 aromatic heterocycles. The van der Waals surface area contributed by atoms with Crippen molar-refractivity contribution in [2.45, 2.75) is 27.0 Å². The molecule has 0 aliphatic carbocycles. The Balaban J connectivity index is 1.48. The number of nitrogens with one attached hydrogen (secondary N) is 1. The second-order valence-corrected chi connectivity index (χ2v) is 8.15. The summed E-state index contributed by atoms with van der Waals surface area (Å²) in [6.45, 7) is 3.98. The molecule has 0 aliphatic heterocycles. The van der Waals surface area contributed by atoms with Crippen molar-refractivity contribution in [3.63, 3.8) is 0 Å². The summed E-state index contributed by atoms with van der Waals surface area (Å²) in [6.07, 6.45) is 1.53. The molecule has 1 N–H and O–H groups in total. The lowest BCUT2D eigenvalue weighted by Gasteiger charge is -2.09. The first-order valence-electron chi connectivity index (χ1n) is 9.93. The number of anilines is 1. The van der Waals surface area contributed by atoms with Crippen molar-refractivity contribution in [3.05, 3.63) is 92.7 Å². The molecular formula is C23H19Cl2FN4O3. The second kappa shape index (κ2) is 9.64. The van der Waals surface area contributed by atoms with Gasteiger partial charge in [-0.15, -0.1) is 0 Å². The topological polar surface area (TPSA) is 82.2 Å². The van der Waals surface area contributed by atoms with E-state index in [9.17, 15) is 9.18 Å². The zero-order valence-corrected chi connectivity index (χ0v) is 19.2. The minimum Gasteiger partial charge on any atom is -0.488 e. The standard InChI is InChI=1S/C23H19Cl2FN4O3/c1-13-5-3-4-6-20(13)32-12-17-14(2)33-29-21(17)23(31)27-22-19(25)11-30(28-22)10-15-7-8-16(26)9-18(15)24/h3-9,11H,10,12H2,1-2H3,(H,27,28,31). The van der Waals surface area contributed by atoms with Gasteiger partial charge in [0.05, 0.1) is 12.1 Å². The van der Waals surface area contributed by atoms with Gasteiger partial charge < -0.3 is 14.6 Å². The van der Waals surface area contributed by atoms with Gasteiger partial charge in [0.15, 0.2) is 11.5 Å². The molecule has 2 heterocycles. The highest BCUT2D eigenvalue weighted by atomic mass is 35.5. The molecule has 0 bridgehead atoms. The van der Waals surface area contributed by atoms with Crippen molar-refractivity contribution in [1.82, 2.24) is 14.9 Å². The van der Waals surface area contributed by atoms with E-state index >= 15 is 0 Å². The smallest absolute Gasteiger partial charge is 0.279 e. The van der Waals surface area contributed by atoms with Gasteiger partial charge in [0.1, 0.15) is 29.0 Å². The maximum absolute atomic E-state index is 13.3. The minimum absolute atomic E-state index is 0.0771. The third kappa shape index (κ3) is 5.18. The number of halogens is 3. The Morgan fingerprint density at radius 3 is 2.73 bits per heavy atom. The van der Waals surface area contributed by atoms with Gasteiger partial charge in [-0.25, -0.2) is 4.39 Å². The third-order valence-electron chi connectivity index (χ3n) is 4.96. The highest BCUT2D eigenvalue weighted by Gasteiger charge is 2.22. The molecule has 33 heavy (non-hydrogen) atoms. The van der Waals surface area contributed by atoms with Gasteiger partial charge in [-0.2, -0.15) is 5.10 Å². The summed E-state index contributed by atoms with van der Waals surface area (Å²) >= 11 is 12.3. The van der Waals surface area contributed by atoms with Crippen molar-refractivity contribution in [3.8, 4) is 5.75 Å². The van der Waals surface area contributed by atoms with Gasteiger partial charge in [0.2, 0.25) is 0 Å². The van der Waals surface area contributed by atoms with Gasteiger partial charge >= 0.3 is 0 Å². The van der Waals surface area contributed by atoms with Gasteiger partial charge in [-0.1, -0.05) is 52.6 Å². The van der Waals surface area contributed by atoms with Crippen molar-refractivity contribution < 1.29 is 18.4 Å². The van der Waals surface area contributed by atoms with Crippen LogP contribution in [0.1, 0.15) is 32.9 Å². The molecule has 0 atom stereocenters. The first kappa shape index (κ1) is 22.8. The van der Waals surface area contributed by atoms with Crippen molar-refractivity contribution >= 4 is 34.9 Å². The number of hydrogen-bond acceptors (Lipinski definition) is 5. The molecule has 0 radical (unpaired) electrons. The summed E-state index contributed by atoms with van der Waals surface area (Å²) < 4.78 is 25.8. The van der Waals surface area contributed by atoms with Crippen LogP contribution < -0.4 is 10.1 Å². The molecule has 2 aromatic carbocycles. The number of benzene rings is 2. The fraction of sp³-hybridized carbons (Fsp3) is 0.174. The normalized spacial score (nSPS) is 10.9. The summed E-state index contributed by atoms with van der Waals surface area (Å²) in [5.41, 5.74) is 2.21. The number of hydrogen-bond donors (Lipinski definition) is 1. The summed E-state index contributed by atoms with van der Waals surface area (Å²) in [7, 11) is 0. The lowest BCUT2D eigenvalue weighted by atomic mass is 10.2. The van der Waals surface area contributed by atoms with Gasteiger partial charge in [0, 0.05) is 11.2 Å². The molecule has 0 saturated heterocycles. The maximum Gasteiger partial charge on any atom is 0.279 e. The predicted octanol–water partition coefficient (Wildman–Crippen LogP) is 5.81. The van der Waals surface area contributed by atoms with Gasteiger partial charge in [-0.05, 0) is 43.2 Å². The average Bonchev–Trinajstić information content (AvgIpc) is 3.31. The largest absolute Gasteiger partial charge is 0.488 e. The number of carbonyl (C=O) groups is 1. The van der Waals surface area contributed by atoms with Crippen LogP contribution in [0.25, 0.3) is 0 Å². The average molecular weight is 489 g/mol. The van der Waals surface area contributed by atoms with Crippen LogP contribution in [0.15, 0.2) is 53.2 Å². The lowest BCUT2D eigenvalue weighted by molar-refractivity contribution is 0.101. The third-order valence-corrected chi connectivity index (χ3v) is 5.59. The van der Waals surface area contributed by atoms with Crippen LogP contribution in [0.4, 0.5) is 10.2 Å². The van der Waals surface area contributed by atoms with E-state index in [-0.39, 0.29) is 34.7 Å². The number of aryl methyl sites for hydroxylation is 2. The molecular weight excluding hydrogens is 470 g/mol. The van der Waals surface area contributed by atoms with E-state index in [2.05, 4.69) is 15.6 Å². The minimum atomic E-state index is -0.540. The molecule has 0 unspecified atom stereocenters. The van der Waals surface area contributed by atoms with E-state index in [4.69, 9.17) is 32.5 Å². The van der Waals surface area contributed by atoms with E-state index in [0.717, 1.165) is 5.56 Å². The fourth-order valence-electron chi connectivity index (χ4n) is 3.16. The van der Waals surface area contributed by atoms with Crippen LogP contribution >= 0.6 is 23.2 Å². The van der Waals surface area contributed by atoms with Crippen LogP contribution in [0, 0.1) is 19.7 Å². The van der Waals surface area contributed by atoms with Gasteiger partial charge in [0.25, 0.3) is 5.91 Å². The number of amides is 1. The molecule has 0 spiro atoms. The molecule has 4 rings (SSSR count). The first-order valence-corrected chi connectivity index (χ1v) is 10.7. The van der Waals surface area contributed by atoms with Crippen LogP contribution in [-0.4, -0.2) is 20.8 Å². The van der Waals surface area contributed by atoms with Crippen molar-refractivity contribution in [1.29, 1.82) is 0 Å². The van der Waals surface area contributed by atoms with Crippen LogP contribution in [-0.2, 0) is 13.2 Å². The number of ether oxygens (including phenoxy) is 1. The Labute approximate surface area is 199 Å². The molecule has 170 valence electrons. The number of aromatic nitrogens is 3. The van der Waals surface area contributed by atoms with Crippen molar-refractivity contribution in [2.24, 2.45) is 0 Å². The highest BCUT2D eigenvalue weighted by Crippen LogP contribution is 2.25. The number of nitrogens with zero attached hydrogens (tertiary/aromatic N) is 3. The monoisotopic (exact) mass is 488 g/mol. The maximum atomic E-state index is 13.3. The van der Waals surface area contributed by atoms with Gasteiger partial charge in [-0.3, -0.25) is 9.48 Å². The Hall–Kier alpha value is -3.36. The zero-order chi connectivity index (χ0) is 23.5. The summed E-state index contributed by atoms with van der Waals surface area (Å²) in [5, 5.41) is 11.3. The molecule has 0 fully saturated rings. The van der Waals surface area contributed by atoms with E-state index < -0.39 is 11.7 Å². The quantitative estimate of drug-likeness (QED) is 0.354. The predicted molar refractivity (Wildman–Crippen MR) is 122 cm³/mol. The number of rotatable bonds is 7. The van der Waals surface area contributed by atoms with E-state index in [1.165, 1.54) is 23.0 Å². The van der Waals surface area contributed by atoms with E-state index in [1.807, 2.05) is 31.2 Å². The SMILES string of the molecule is Cc1ccccc1OCc1c(C(=O)Nc2nn(Cc3ccc(F)cc3Cl)cc2Cl)noc1C. The van der Waals surface area contributed by atoms with E-state index in [0.29, 0.717) is 22.6 Å². The Morgan fingerprint density at radius 1 is 1.18 bits per heavy atom. The summed E-state index contributed by atoms with van der Waals surface area (Å²) in [5.74, 6) is 0.343. The number of carbonyl (C=O) groups excluding carboxylic acids is 1. The first-order chi connectivity index (χ1) is 15.8. The Kier molecular flexibility index (Phi) is 6.67. The molecule has 0 saturated carbocycles. The molecule has 7 nitrogen and oxygen atoms in total. The fourth-order valence-corrected chi connectivity index (χ4v) is 3.59. The van der Waals surface area contributed by atoms with E-state index in [1.54, 1.807) is 13.0 Å². The molecule has 1 amide bonds. The molecule has 10 heteroatoms. The zero-order valence-electron chi connectivity index (χ0n) is 17.7. The summed E-state index contributed by atoms with van der Waals surface area (Å²) in [6, 6.07) is 11.6. The lowest BCUT2D eigenvalue weighted by Crippen LogP contribution is -2.16. The second-order valence-electron chi connectivity index (χ2n) is 7.33. The molecule has 0 aliphatic rings. The number of para-hydroxylation sites is 1. The molecule has 4 aromatic rings. The Bertz CT molecular complexity index is 1320. The van der Waals surface area contributed by atoms with Crippen LogP contribution in [0.5, 0.6) is 5.75 Å².